The maximum absolute atomic E-state index is 12.8. The second kappa shape index (κ2) is 9.78. The molecule has 2 aromatic carbocycles. The summed E-state index contributed by atoms with van der Waals surface area (Å²) in [6.45, 7) is 0. The fraction of sp³-hybridized carbons (Fsp3) is 0.280. The number of carbonyl (C=O) groups excluding carboxylic acids is 2. The molecular weight excluding hydrogens is 438 g/mol. The molecule has 3 aromatic rings. The molecule has 1 aromatic heterocycles. The fourth-order valence-corrected chi connectivity index (χ4v) is 3.99. The zero-order chi connectivity index (χ0) is 24.2. The molecule has 0 spiro atoms. The van der Waals surface area contributed by atoms with Crippen LogP contribution in [0, 0.1) is 0 Å². The lowest BCUT2D eigenvalue weighted by atomic mass is 9.82. The Kier molecular flexibility index (Phi) is 6.62. The van der Waals surface area contributed by atoms with Crippen LogP contribution in [0.3, 0.4) is 0 Å². The van der Waals surface area contributed by atoms with Crippen LogP contribution in [0.5, 0.6) is 23.0 Å². The third-order valence-corrected chi connectivity index (χ3v) is 5.76. The van der Waals surface area contributed by atoms with Crippen molar-refractivity contribution in [2.24, 2.45) is 0 Å². The molecule has 0 bridgehead atoms. The van der Waals surface area contributed by atoms with Gasteiger partial charge in [-0.15, -0.1) is 0 Å². The molecule has 0 radical (unpaired) electrons. The summed E-state index contributed by atoms with van der Waals surface area (Å²) in [5.41, 5.74) is 2.27. The zero-order valence-corrected chi connectivity index (χ0v) is 19.4. The molecule has 1 aliphatic carbocycles. The predicted octanol–water partition coefficient (Wildman–Crippen LogP) is 3.68. The van der Waals surface area contributed by atoms with E-state index in [9.17, 15) is 9.59 Å². The van der Waals surface area contributed by atoms with E-state index in [-0.39, 0.29) is 17.6 Å². The number of ether oxygens (including phenoxy) is 4. The number of ketones is 1. The number of aromatic nitrogens is 2. The Hall–Kier alpha value is -4.14. The molecule has 9 heteroatoms. The van der Waals surface area contributed by atoms with Gasteiger partial charge in [0.25, 0.3) is 5.91 Å². The van der Waals surface area contributed by atoms with Crippen molar-refractivity contribution in [2.75, 3.05) is 33.8 Å². The van der Waals surface area contributed by atoms with E-state index in [1.54, 1.807) is 38.5 Å². The highest BCUT2D eigenvalue weighted by Gasteiger charge is 2.30. The zero-order valence-electron chi connectivity index (χ0n) is 19.4. The van der Waals surface area contributed by atoms with E-state index in [4.69, 9.17) is 18.9 Å². The van der Waals surface area contributed by atoms with Crippen LogP contribution in [0.4, 0.5) is 5.95 Å². The van der Waals surface area contributed by atoms with Crippen LogP contribution in [-0.2, 0) is 6.42 Å². The van der Waals surface area contributed by atoms with Crippen LogP contribution >= 0.6 is 0 Å². The van der Waals surface area contributed by atoms with Gasteiger partial charge in [-0.3, -0.25) is 14.9 Å². The molecule has 4 rings (SSSR count). The number of nitrogens with zero attached hydrogens (tertiary/aromatic N) is 2. The third-order valence-electron chi connectivity index (χ3n) is 5.76. The first-order valence-electron chi connectivity index (χ1n) is 10.6. The van der Waals surface area contributed by atoms with E-state index < -0.39 is 5.91 Å². The summed E-state index contributed by atoms with van der Waals surface area (Å²) in [6, 6.07) is 10.4. The van der Waals surface area contributed by atoms with Gasteiger partial charge in [0, 0.05) is 36.2 Å². The van der Waals surface area contributed by atoms with E-state index >= 15 is 0 Å². The topological polar surface area (TPSA) is 109 Å². The van der Waals surface area contributed by atoms with Gasteiger partial charge in [-0.1, -0.05) is 6.07 Å². The number of benzene rings is 2. The molecular formula is C25H25N3O6. The van der Waals surface area contributed by atoms with E-state index in [0.717, 1.165) is 5.56 Å². The lowest BCUT2D eigenvalue weighted by Crippen LogP contribution is -2.23. The molecule has 1 N–H and O–H groups in total. The number of rotatable bonds is 7. The van der Waals surface area contributed by atoms with Crippen molar-refractivity contribution >= 4 is 17.6 Å². The van der Waals surface area contributed by atoms with Crippen LogP contribution in [0.15, 0.2) is 42.6 Å². The average Bonchev–Trinajstić information content (AvgIpc) is 2.87. The van der Waals surface area contributed by atoms with Gasteiger partial charge in [0.1, 0.15) is 23.0 Å². The summed E-state index contributed by atoms with van der Waals surface area (Å²) in [5, 5.41) is 2.69. The number of methoxy groups -OCH3 is 4. The molecule has 1 aliphatic rings. The minimum Gasteiger partial charge on any atom is -0.497 e. The SMILES string of the molecule is COc1cc(OC)cc(C(=O)Nc2ncc3c(n2)C[C@@H](c2ccc(OC)cc2OC)CC3=O)c1. The molecule has 176 valence electrons. The van der Waals surface area contributed by atoms with Crippen molar-refractivity contribution in [1.82, 2.24) is 9.97 Å². The van der Waals surface area contributed by atoms with Crippen molar-refractivity contribution in [3.63, 3.8) is 0 Å². The Morgan fingerprint density at radius 1 is 0.912 bits per heavy atom. The minimum absolute atomic E-state index is 0.0560. The summed E-state index contributed by atoms with van der Waals surface area (Å²) >= 11 is 0. The molecule has 0 aliphatic heterocycles. The number of fused-ring (bicyclic) bond motifs is 1. The average molecular weight is 463 g/mol. The molecule has 0 unspecified atom stereocenters. The Morgan fingerprint density at radius 3 is 2.26 bits per heavy atom. The molecule has 0 fully saturated rings. The fourth-order valence-electron chi connectivity index (χ4n) is 3.99. The summed E-state index contributed by atoms with van der Waals surface area (Å²) in [5.74, 6) is 1.80. The Labute approximate surface area is 197 Å². The highest BCUT2D eigenvalue weighted by atomic mass is 16.5. The van der Waals surface area contributed by atoms with Crippen LogP contribution in [0.25, 0.3) is 0 Å². The van der Waals surface area contributed by atoms with Crippen LogP contribution in [0.2, 0.25) is 0 Å². The van der Waals surface area contributed by atoms with Crippen LogP contribution < -0.4 is 24.3 Å². The number of Topliss-reactive ketones (excluding diaryl/α,β-unsaturated/α-hetero) is 1. The normalized spacial score (nSPS) is 14.7. The van der Waals surface area contributed by atoms with Gasteiger partial charge >= 0.3 is 0 Å². The third kappa shape index (κ3) is 4.63. The van der Waals surface area contributed by atoms with Crippen molar-refractivity contribution in [3.8, 4) is 23.0 Å². The van der Waals surface area contributed by atoms with E-state index in [2.05, 4.69) is 15.3 Å². The largest absolute Gasteiger partial charge is 0.497 e. The smallest absolute Gasteiger partial charge is 0.258 e. The first-order valence-corrected chi connectivity index (χ1v) is 10.6. The number of amides is 1. The van der Waals surface area contributed by atoms with E-state index in [1.165, 1.54) is 20.4 Å². The second-order valence-corrected chi connectivity index (χ2v) is 7.75. The number of nitrogens with one attached hydrogen (secondary N) is 1. The number of hydrogen-bond donors (Lipinski definition) is 1. The van der Waals surface area contributed by atoms with Gasteiger partial charge in [0.05, 0.1) is 39.7 Å². The lowest BCUT2D eigenvalue weighted by molar-refractivity contribution is 0.0962. The molecule has 0 saturated carbocycles. The van der Waals surface area contributed by atoms with Crippen molar-refractivity contribution < 1.29 is 28.5 Å². The van der Waals surface area contributed by atoms with Crippen molar-refractivity contribution in [2.45, 2.75) is 18.8 Å². The van der Waals surface area contributed by atoms with Gasteiger partial charge < -0.3 is 18.9 Å². The number of carbonyl (C=O) groups is 2. The van der Waals surface area contributed by atoms with Gasteiger partial charge in [-0.25, -0.2) is 9.97 Å². The van der Waals surface area contributed by atoms with Crippen molar-refractivity contribution in [3.05, 3.63) is 65.0 Å². The second-order valence-electron chi connectivity index (χ2n) is 7.75. The van der Waals surface area contributed by atoms with Crippen LogP contribution in [-0.4, -0.2) is 50.1 Å². The quantitative estimate of drug-likeness (QED) is 0.565. The van der Waals surface area contributed by atoms with Crippen molar-refractivity contribution in [1.29, 1.82) is 0 Å². The summed E-state index contributed by atoms with van der Waals surface area (Å²) in [7, 11) is 6.19. The molecule has 1 amide bonds. The lowest BCUT2D eigenvalue weighted by Gasteiger charge is -2.25. The predicted molar refractivity (Wildman–Crippen MR) is 124 cm³/mol. The monoisotopic (exact) mass is 463 g/mol. The Bertz CT molecular complexity index is 1220. The summed E-state index contributed by atoms with van der Waals surface area (Å²) in [6.07, 6.45) is 2.28. The molecule has 9 nitrogen and oxygen atoms in total. The highest BCUT2D eigenvalue weighted by Crippen LogP contribution is 2.38. The maximum atomic E-state index is 12.8. The standard InChI is InChI=1S/C25H25N3O6/c1-31-16-5-6-19(23(12-16)34-4)14-9-21-20(22(29)10-14)13-26-25(27-21)28-24(30)15-7-17(32-2)11-18(8-15)33-3/h5-8,11-14H,9-10H2,1-4H3,(H,26,27,28,30)/t14-/m1/s1. The molecule has 34 heavy (non-hydrogen) atoms. The highest BCUT2D eigenvalue weighted by molar-refractivity contribution is 6.04. The van der Waals surface area contributed by atoms with Gasteiger partial charge in [0.2, 0.25) is 5.95 Å². The summed E-state index contributed by atoms with van der Waals surface area (Å²) < 4.78 is 21.2. The molecule has 1 heterocycles. The first kappa shape index (κ1) is 23.0. The molecule has 0 saturated heterocycles. The van der Waals surface area contributed by atoms with E-state index in [1.807, 2.05) is 12.1 Å². The van der Waals surface area contributed by atoms with Gasteiger partial charge in [0.15, 0.2) is 5.78 Å². The summed E-state index contributed by atoms with van der Waals surface area (Å²) in [4.78, 5) is 34.3. The maximum Gasteiger partial charge on any atom is 0.258 e. The number of anilines is 1. The first-order chi connectivity index (χ1) is 16.4. The Morgan fingerprint density at radius 2 is 1.62 bits per heavy atom. The van der Waals surface area contributed by atoms with Crippen LogP contribution in [0.1, 0.15) is 44.3 Å². The minimum atomic E-state index is -0.423. The number of hydrogen-bond acceptors (Lipinski definition) is 8. The van der Waals surface area contributed by atoms with Gasteiger partial charge in [-0.05, 0) is 30.2 Å². The molecule has 1 atom stereocenters. The Balaban J connectivity index is 1.59. The van der Waals surface area contributed by atoms with Gasteiger partial charge in [-0.2, -0.15) is 0 Å². The van der Waals surface area contributed by atoms with E-state index in [0.29, 0.717) is 52.7 Å².